The zero-order valence-electron chi connectivity index (χ0n) is 19.9. The van der Waals surface area contributed by atoms with E-state index in [-0.39, 0.29) is 17.6 Å². The molecule has 2 aliphatic rings. The van der Waals surface area contributed by atoms with Crippen molar-refractivity contribution >= 4 is 46.3 Å². The van der Waals surface area contributed by atoms with Gasteiger partial charge >= 0.3 is 0 Å². The SMILES string of the molecule is CCC1CCc2sc(-c3nnc(SCC(=O)N4c5ccccc5NC(=O)C4(C)C)n3C)cc2C1. The Morgan fingerprint density at radius 1 is 1.29 bits per heavy atom. The number of aromatic nitrogens is 3. The highest BCUT2D eigenvalue weighted by Crippen LogP contribution is 2.39. The first kappa shape index (κ1) is 23.1. The van der Waals surface area contributed by atoms with Gasteiger partial charge in [-0.15, -0.1) is 21.5 Å². The molecule has 2 amide bonds. The molecule has 2 aromatic heterocycles. The molecule has 7 nitrogen and oxygen atoms in total. The third-order valence-electron chi connectivity index (χ3n) is 6.90. The number of nitrogens with zero attached hydrogens (tertiary/aromatic N) is 4. The van der Waals surface area contributed by atoms with Crippen molar-refractivity contribution in [3.8, 4) is 10.7 Å². The third kappa shape index (κ3) is 3.94. The highest BCUT2D eigenvalue weighted by atomic mass is 32.2. The molecular formula is C25H29N5O2S2. The largest absolute Gasteiger partial charge is 0.322 e. The summed E-state index contributed by atoms with van der Waals surface area (Å²) in [5.41, 5.74) is 1.84. The topological polar surface area (TPSA) is 80.1 Å². The number of carbonyl (C=O) groups is 2. The summed E-state index contributed by atoms with van der Waals surface area (Å²) in [4.78, 5) is 30.2. The van der Waals surface area contributed by atoms with E-state index in [0.717, 1.165) is 29.5 Å². The number of para-hydroxylation sites is 2. The Hall–Kier alpha value is -2.65. The quantitative estimate of drug-likeness (QED) is 0.509. The summed E-state index contributed by atoms with van der Waals surface area (Å²) in [5, 5.41) is 12.4. The number of amides is 2. The maximum Gasteiger partial charge on any atom is 0.250 e. The number of carbonyl (C=O) groups excluding carboxylic acids is 2. The van der Waals surface area contributed by atoms with E-state index < -0.39 is 5.54 Å². The van der Waals surface area contributed by atoms with Crippen molar-refractivity contribution in [1.29, 1.82) is 0 Å². The Morgan fingerprint density at radius 2 is 2.09 bits per heavy atom. The number of thioether (sulfide) groups is 1. The predicted octanol–water partition coefficient (Wildman–Crippen LogP) is 4.91. The minimum atomic E-state index is -0.983. The summed E-state index contributed by atoms with van der Waals surface area (Å²) in [6.07, 6.45) is 4.78. The van der Waals surface area contributed by atoms with E-state index in [1.165, 1.54) is 35.0 Å². The molecule has 1 N–H and O–H groups in total. The average molecular weight is 496 g/mol. The zero-order chi connectivity index (χ0) is 24.0. The molecular weight excluding hydrogens is 466 g/mol. The van der Waals surface area contributed by atoms with E-state index in [4.69, 9.17) is 0 Å². The lowest BCUT2D eigenvalue weighted by Crippen LogP contribution is -2.59. The van der Waals surface area contributed by atoms with Gasteiger partial charge in [0, 0.05) is 11.9 Å². The molecule has 0 saturated carbocycles. The second-order valence-corrected chi connectivity index (χ2v) is 11.6. The first-order chi connectivity index (χ1) is 16.3. The summed E-state index contributed by atoms with van der Waals surface area (Å²) >= 11 is 3.17. The van der Waals surface area contributed by atoms with E-state index in [2.05, 4.69) is 28.5 Å². The molecule has 0 fully saturated rings. The molecule has 0 radical (unpaired) electrons. The van der Waals surface area contributed by atoms with Crippen molar-refractivity contribution in [2.24, 2.45) is 13.0 Å². The second-order valence-electron chi connectivity index (χ2n) is 9.49. The Balaban J connectivity index is 1.34. The number of hydrogen-bond acceptors (Lipinski definition) is 6. The molecule has 0 saturated heterocycles. The molecule has 1 aliphatic heterocycles. The van der Waals surface area contributed by atoms with Gasteiger partial charge in [0.1, 0.15) is 5.54 Å². The van der Waals surface area contributed by atoms with Gasteiger partial charge in [-0.1, -0.05) is 37.2 Å². The maximum atomic E-state index is 13.3. The van der Waals surface area contributed by atoms with Crippen LogP contribution in [0.1, 0.15) is 44.1 Å². The first-order valence-electron chi connectivity index (χ1n) is 11.7. The molecule has 1 atom stereocenters. The Bertz CT molecular complexity index is 1260. The molecule has 0 bridgehead atoms. The number of benzene rings is 1. The first-order valence-corrected chi connectivity index (χ1v) is 13.5. The van der Waals surface area contributed by atoms with Gasteiger partial charge < -0.3 is 9.88 Å². The predicted molar refractivity (Wildman–Crippen MR) is 137 cm³/mol. The molecule has 1 aromatic carbocycles. The van der Waals surface area contributed by atoms with Crippen molar-refractivity contribution < 1.29 is 9.59 Å². The van der Waals surface area contributed by atoms with Crippen LogP contribution in [-0.2, 0) is 29.5 Å². The molecule has 3 aromatic rings. The minimum Gasteiger partial charge on any atom is -0.322 e. The smallest absolute Gasteiger partial charge is 0.250 e. The summed E-state index contributed by atoms with van der Waals surface area (Å²) < 4.78 is 1.97. The van der Waals surface area contributed by atoms with E-state index in [9.17, 15) is 9.59 Å². The van der Waals surface area contributed by atoms with Crippen molar-refractivity contribution in [1.82, 2.24) is 14.8 Å². The van der Waals surface area contributed by atoms with Gasteiger partial charge in [-0.25, -0.2) is 0 Å². The molecule has 34 heavy (non-hydrogen) atoms. The number of thiophene rings is 1. The third-order valence-corrected chi connectivity index (χ3v) is 9.14. The Morgan fingerprint density at radius 3 is 2.88 bits per heavy atom. The van der Waals surface area contributed by atoms with Crippen LogP contribution in [-0.4, -0.2) is 37.9 Å². The molecule has 0 spiro atoms. The van der Waals surface area contributed by atoms with Crippen LogP contribution in [0.4, 0.5) is 11.4 Å². The monoisotopic (exact) mass is 495 g/mol. The number of hydrogen-bond donors (Lipinski definition) is 1. The van der Waals surface area contributed by atoms with Crippen molar-refractivity contribution in [2.75, 3.05) is 16.0 Å². The van der Waals surface area contributed by atoms with Crippen molar-refractivity contribution in [3.05, 3.63) is 40.8 Å². The zero-order valence-corrected chi connectivity index (χ0v) is 21.6. The van der Waals surface area contributed by atoms with Crippen molar-refractivity contribution in [3.63, 3.8) is 0 Å². The lowest BCUT2D eigenvalue weighted by molar-refractivity contribution is -0.125. The molecule has 1 unspecified atom stereocenters. The van der Waals surface area contributed by atoms with E-state index in [1.54, 1.807) is 18.7 Å². The van der Waals surface area contributed by atoms with Gasteiger partial charge in [-0.2, -0.15) is 0 Å². The fourth-order valence-corrected chi connectivity index (χ4v) is 6.79. The normalized spacial score (nSPS) is 18.9. The van der Waals surface area contributed by atoms with Gasteiger partial charge in [0.15, 0.2) is 11.0 Å². The number of aryl methyl sites for hydroxylation is 1. The van der Waals surface area contributed by atoms with Crippen molar-refractivity contribution in [2.45, 2.75) is 57.1 Å². The van der Waals surface area contributed by atoms with Gasteiger partial charge in [-0.3, -0.25) is 14.5 Å². The minimum absolute atomic E-state index is 0.140. The van der Waals surface area contributed by atoms with E-state index in [0.29, 0.717) is 16.5 Å². The summed E-state index contributed by atoms with van der Waals surface area (Å²) in [6, 6.07) is 9.67. The van der Waals surface area contributed by atoms with Crippen LogP contribution < -0.4 is 10.2 Å². The number of nitrogens with one attached hydrogen (secondary N) is 1. The second kappa shape index (κ2) is 8.85. The average Bonchev–Trinajstić information content (AvgIpc) is 3.40. The molecule has 178 valence electrons. The van der Waals surface area contributed by atoms with E-state index >= 15 is 0 Å². The van der Waals surface area contributed by atoms with Crippen LogP contribution >= 0.6 is 23.1 Å². The lowest BCUT2D eigenvalue weighted by atomic mass is 9.87. The number of anilines is 2. The summed E-state index contributed by atoms with van der Waals surface area (Å²) in [5.74, 6) is 1.44. The standard InChI is InChI=1S/C25H29N5O2S2/c1-5-15-10-11-19-16(12-15)13-20(34-19)22-27-28-24(29(22)4)33-14-21(31)30-18-9-7-6-8-17(18)26-23(32)25(30,2)3/h6-9,13,15H,5,10-12,14H2,1-4H3,(H,26,32). The van der Waals surface area contributed by atoms with Gasteiger partial charge in [-0.05, 0) is 62.8 Å². The summed E-state index contributed by atoms with van der Waals surface area (Å²) in [6.45, 7) is 5.80. The Kier molecular flexibility index (Phi) is 6.02. The lowest BCUT2D eigenvalue weighted by Gasteiger charge is -2.42. The van der Waals surface area contributed by atoms with Crippen LogP contribution in [0.25, 0.3) is 10.7 Å². The van der Waals surface area contributed by atoms with Crippen LogP contribution in [0.2, 0.25) is 0 Å². The summed E-state index contributed by atoms with van der Waals surface area (Å²) in [7, 11) is 1.95. The van der Waals surface area contributed by atoms with Gasteiger partial charge in [0.2, 0.25) is 11.8 Å². The van der Waals surface area contributed by atoms with E-state index in [1.807, 2.05) is 47.2 Å². The molecule has 3 heterocycles. The molecule has 1 aliphatic carbocycles. The van der Waals surface area contributed by atoms with Crippen LogP contribution in [0, 0.1) is 5.92 Å². The van der Waals surface area contributed by atoms with Crippen LogP contribution in [0.3, 0.4) is 0 Å². The highest BCUT2D eigenvalue weighted by molar-refractivity contribution is 7.99. The molecule has 5 rings (SSSR count). The fraction of sp³-hybridized carbons (Fsp3) is 0.440. The maximum absolute atomic E-state index is 13.3. The Labute approximate surface area is 208 Å². The number of rotatable bonds is 5. The molecule has 9 heteroatoms. The van der Waals surface area contributed by atoms with Gasteiger partial charge in [0.05, 0.1) is 22.0 Å². The highest BCUT2D eigenvalue weighted by Gasteiger charge is 2.43. The number of fused-ring (bicyclic) bond motifs is 2. The van der Waals surface area contributed by atoms with Crippen LogP contribution in [0.15, 0.2) is 35.5 Å². The van der Waals surface area contributed by atoms with Gasteiger partial charge in [0.25, 0.3) is 0 Å². The van der Waals surface area contributed by atoms with Crippen LogP contribution in [0.5, 0.6) is 0 Å². The fourth-order valence-electron chi connectivity index (χ4n) is 4.80.